The van der Waals surface area contributed by atoms with Crippen molar-refractivity contribution in [2.45, 2.75) is 37.6 Å². The summed E-state index contributed by atoms with van der Waals surface area (Å²) in [6, 6.07) is 0. The van der Waals surface area contributed by atoms with Crippen molar-refractivity contribution in [3.8, 4) is 0 Å². The average molecular weight is 319 g/mol. The smallest absolute Gasteiger partial charge is 0.280 e. The molecule has 0 saturated carbocycles. The Kier molecular flexibility index (Phi) is 5.07. The topological polar surface area (TPSA) is 111 Å². The van der Waals surface area contributed by atoms with E-state index in [0.29, 0.717) is 39.0 Å². The van der Waals surface area contributed by atoms with Gasteiger partial charge in [0.05, 0.1) is 5.54 Å². The summed E-state index contributed by atoms with van der Waals surface area (Å²) >= 11 is 0. The zero-order valence-corrected chi connectivity index (χ0v) is 13.3. The van der Waals surface area contributed by atoms with E-state index < -0.39 is 15.7 Å². The Labute approximate surface area is 126 Å². The summed E-state index contributed by atoms with van der Waals surface area (Å²) in [4.78, 5) is 2.10. The van der Waals surface area contributed by atoms with Crippen molar-refractivity contribution in [3.05, 3.63) is 0 Å². The van der Waals surface area contributed by atoms with Gasteiger partial charge in [-0.25, -0.2) is 0 Å². The lowest BCUT2D eigenvalue weighted by atomic mass is 9.88. The molecule has 0 unspecified atom stereocenters. The van der Waals surface area contributed by atoms with Crippen LogP contribution >= 0.6 is 0 Å². The van der Waals surface area contributed by atoms with Crippen LogP contribution < -0.4 is 10.5 Å². The Morgan fingerprint density at radius 1 is 1.19 bits per heavy atom. The largest absolute Gasteiger partial charge is 0.409 e. The Bertz CT molecular complexity index is 479. The van der Waals surface area contributed by atoms with Gasteiger partial charge in [-0.15, -0.1) is 0 Å². The third-order valence-electron chi connectivity index (χ3n) is 4.42. The first-order chi connectivity index (χ1) is 9.89. The molecule has 9 heteroatoms. The highest BCUT2D eigenvalue weighted by atomic mass is 32.2. The molecular weight excluding hydrogens is 294 g/mol. The summed E-state index contributed by atoms with van der Waals surface area (Å²) in [5, 5.41) is 12.1. The van der Waals surface area contributed by atoms with Crippen molar-refractivity contribution in [2.75, 3.05) is 33.2 Å². The molecule has 2 heterocycles. The number of hydrogen-bond donors (Lipinski definition) is 3. The fraction of sp³-hybridized carbons (Fsp3) is 0.917. The Balaban J connectivity index is 2.18. The zero-order chi connectivity index (χ0) is 15.5. The van der Waals surface area contributed by atoms with Gasteiger partial charge >= 0.3 is 0 Å². The lowest BCUT2D eigenvalue weighted by molar-refractivity contribution is 0.209. The van der Waals surface area contributed by atoms with Crippen molar-refractivity contribution in [1.82, 2.24) is 13.9 Å². The molecule has 2 saturated heterocycles. The molecule has 4 N–H and O–H groups in total. The standard InChI is InChI=1S/C12H25N5O3S/c1-16-9-5-12(6-10-16,11(13)14-18)15-21(19,20)17-7-3-2-4-8-17/h15,18H,2-10H2,1H3,(H2,13,14). The van der Waals surface area contributed by atoms with Gasteiger partial charge in [-0.3, -0.25) is 0 Å². The third kappa shape index (κ3) is 3.65. The highest BCUT2D eigenvalue weighted by molar-refractivity contribution is 7.87. The summed E-state index contributed by atoms with van der Waals surface area (Å²) < 4.78 is 29.3. The van der Waals surface area contributed by atoms with E-state index in [0.717, 1.165) is 19.3 Å². The molecule has 0 amide bonds. The van der Waals surface area contributed by atoms with Crippen molar-refractivity contribution in [2.24, 2.45) is 10.9 Å². The van der Waals surface area contributed by atoms with Crippen LogP contribution in [0.2, 0.25) is 0 Å². The number of rotatable bonds is 4. The molecule has 122 valence electrons. The summed E-state index contributed by atoms with van der Waals surface area (Å²) in [5.74, 6) is -0.0591. The van der Waals surface area contributed by atoms with Gasteiger partial charge in [-0.1, -0.05) is 11.6 Å². The van der Waals surface area contributed by atoms with Crippen LogP contribution in [0.3, 0.4) is 0 Å². The molecule has 0 radical (unpaired) electrons. The highest BCUT2D eigenvalue weighted by Gasteiger charge is 2.43. The predicted octanol–water partition coefficient (Wildman–Crippen LogP) is -0.482. The first kappa shape index (κ1) is 16.5. The molecule has 0 aromatic carbocycles. The number of nitrogens with one attached hydrogen (secondary N) is 1. The zero-order valence-electron chi connectivity index (χ0n) is 12.5. The fourth-order valence-corrected chi connectivity index (χ4v) is 4.59. The number of oxime groups is 1. The van der Waals surface area contributed by atoms with Crippen LogP contribution in [-0.4, -0.2) is 67.4 Å². The van der Waals surface area contributed by atoms with Crippen LogP contribution in [-0.2, 0) is 10.2 Å². The lowest BCUT2D eigenvalue weighted by Crippen LogP contribution is -2.64. The van der Waals surface area contributed by atoms with Gasteiger partial charge < -0.3 is 15.8 Å². The predicted molar refractivity (Wildman–Crippen MR) is 80.4 cm³/mol. The monoisotopic (exact) mass is 319 g/mol. The summed E-state index contributed by atoms with van der Waals surface area (Å²) in [5.41, 5.74) is 4.81. The normalized spacial score (nSPS) is 25.9. The molecule has 2 aliphatic rings. The quantitative estimate of drug-likeness (QED) is 0.280. The number of amidine groups is 1. The van der Waals surface area contributed by atoms with Crippen LogP contribution in [0.4, 0.5) is 0 Å². The number of piperidine rings is 2. The van der Waals surface area contributed by atoms with E-state index in [9.17, 15) is 8.42 Å². The Hall–Kier alpha value is -0.900. The molecule has 0 aliphatic carbocycles. The maximum absolute atomic E-state index is 12.6. The van der Waals surface area contributed by atoms with Crippen LogP contribution in [0.5, 0.6) is 0 Å². The van der Waals surface area contributed by atoms with Crippen LogP contribution in [0.15, 0.2) is 5.16 Å². The van der Waals surface area contributed by atoms with Gasteiger partial charge in [0.15, 0.2) is 5.84 Å². The molecule has 0 bridgehead atoms. The minimum absolute atomic E-state index is 0.0591. The van der Waals surface area contributed by atoms with Gasteiger partial charge in [0.25, 0.3) is 10.2 Å². The van der Waals surface area contributed by atoms with Gasteiger partial charge in [0.1, 0.15) is 0 Å². The van der Waals surface area contributed by atoms with Gasteiger partial charge in [-0.2, -0.15) is 17.4 Å². The second-order valence-corrected chi connectivity index (χ2v) is 7.61. The minimum Gasteiger partial charge on any atom is -0.409 e. The number of likely N-dealkylation sites (tertiary alicyclic amines) is 1. The Morgan fingerprint density at radius 2 is 1.76 bits per heavy atom. The van der Waals surface area contributed by atoms with Crippen molar-refractivity contribution < 1.29 is 13.6 Å². The van der Waals surface area contributed by atoms with E-state index in [-0.39, 0.29) is 5.84 Å². The van der Waals surface area contributed by atoms with E-state index in [2.05, 4.69) is 14.8 Å². The van der Waals surface area contributed by atoms with E-state index in [1.165, 1.54) is 4.31 Å². The average Bonchev–Trinajstić information content (AvgIpc) is 2.49. The molecule has 2 aliphatic heterocycles. The first-order valence-electron chi connectivity index (χ1n) is 7.35. The van der Waals surface area contributed by atoms with Crippen molar-refractivity contribution in [1.29, 1.82) is 0 Å². The maximum atomic E-state index is 12.6. The molecular formula is C12H25N5O3S. The summed E-state index contributed by atoms with van der Waals surface area (Å²) in [6.07, 6.45) is 3.79. The van der Waals surface area contributed by atoms with Crippen molar-refractivity contribution in [3.63, 3.8) is 0 Å². The second-order valence-electron chi connectivity index (χ2n) is 5.94. The van der Waals surface area contributed by atoms with Crippen molar-refractivity contribution >= 4 is 16.0 Å². The fourth-order valence-electron chi connectivity index (χ4n) is 2.92. The van der Waals surface area contributed by atoms with Crippen LogP contribution in [0, 0.1) is 0 Å². The van der Waals surface area contributed by atoms with E-state index in [4.69, 9.17) is 10.9 Å². The van der Waals surface area contributed by atoms with Gasteiger partial charge in [0.2, 0.25) is 0 Å². The molecule has 2 rings (SSSR count). The van der Waals surface area contributed by atoms with E-state index in [1.807, 2.05) is 7.05 Å². The minimum atomic E-state index is -3.62. The van der Waals surface area contributed by atoms with E-state index >= 15 is 0 Å². The summed E-state index contributed by atoms with van der Waals surface area (Å²) in [6.45, 7) is 2.44. The molecule has 8 nitrogen and oxygen atoms in total. The van der Waals surface area contributed by atoms with Gasteiger partial charge in [-0.05, 0) is 32.7 Å². The van der Waals surface area contributed by atoms with Gasteiger partial charge in [0, 0.05) is 26.2 Å². The number of nitrogens with zero attached hydrogens (tertiary/aromatic N) is 3. The number of nitrogens with two attached hydrogens (primary N) is 1. The molecule has 0 atom stereocenters. The molecule has 0 aromatic heterocycles. The second kappa shape index (κ2) is 6.47. The Morgan fingerprint density at radius 3 is 2.29 bits per heavy atom. The summed E-state index contributed by atoms with van der Waals surface area (Å²) in [7, 11) is -1.65. The highest BCUT2D eigenvalue weighted by Crippen LogP contribution is 2.24. The molecule has 2 fully saturated rings. The SMILES string of the molecule is CN1CCC(NS(=O)(=O)N2CCCCC2)(/C(N)=N/O)CC1. The molecule has 0 spiro atoms. The lowest BCUT2D eigenvalue weighted by Gasteiger charge is -2.41. The number of hydrogen-bond acceptors (Lipinski definition) is 5. The van der Waals surface area contributed by atoms with Crippen LogP contribution in [0.25, 0.3) is 0 Å². The first-order valence-corrected chi connectivity index (χ1v) is 8.79. The third-order valence-corrected chi connectivity index (χ3v) is 6.11. The molecule has 0 aromatic rings. The maximum Gasteiger partial charge on any atom is 0.280 e. The van der Waals surface area contributed by atoms with Crippen LogP contribution in [0.1, 0.15) is 32.1 Å². The molecule has 21 heavy (non-hydrogen) atoms. The van der Waals surface area contributed by atoms with E-state index in [1.54, 1.807) is 0 Å².